The summed E-state index contributed by atoms with van der Waals surface area (Å²) in [6.45, 7) is 5.54. The first kappa shape index (κ1) is 15.7. The van der Waals surface area contributed by atoms with Crippen molar-refractivity contribution in [1.29, 1.82) is 0 Å². The summed E-state index contributed by atoms with van der Waals surface area (Å²) < 4.78 is 1.90. The molecule has 1 atom stereocenters. The number of likely N-dealkylation sites (tertiary alicyclic amines) is 1. The smallest absolute Gasteiger partial charge is 0.227 e. The van der Waals surface area contributed by atoms with Gasteiger partial charge in [-0.05, 0) is 32.4 Å². The Balaban J connectivity index is 1.79. The predicted molar refractivity (Wildman–Crippen MR) is 88.5 cm³/mol. The third-order valence-electron chi connectivity index (χ3n) is 4.67. The van der Waals surface area contributed by atoms with Crippen LogP contribution in [-0.4, -0.2) is 45.4 Å². The molecule has 1 aliphatic rings. The first-order valence-corrected chi connectivity index (χ1v) is 8.09. The summed E-state index contributed by atoms with van der Waals surface area (Å²) in [5.74, 6) is 0.355. The average Bonchev–Trinajstić information content (AvgIpc) is 3.16. The zero-order chi connectivity index (χ0) is 16.4. The van der Waals surface area contributed by atoms with E-state index in [0.29, 0.717) is 13.0 Å². The Morgan fingerprint density at radius 2 is 2.04 bits per heavy atom. The minimum absolute atomic E-state index is 0.125. The van der Waals surface area contributed by atoms with Crippen molar-refractivity contribution in [3.8, 4) is 5.69 Å². The Bertz CT molecular complexity index is 694. The molecule has 1 aliphatic heterocycles. The third kappa shape index (κ3) is 3.15. The normalized spacial score (nSPS) is 17.7. The molecule has 2 aromatic rings. The molecule has 1 aromatic heterocycles. The summed E-state index contributed by atoms with van der Waals surface area (Å²) in [6, 6.07) is 9.96. The van der Waals surface area contributed by atoms with Gasteiger partial charge in [0.2, 0.25) is 5.91 Å². The quantitative estimate of drug-likeness (QED) is 0.937. The van der Waals surface area contributed by atoms with E-state index in [1.165, 1.54) is 0 Å². The van der Waals surface area contributed by atoms with Gasteiger partial charge in [-0.3, -0.25) is 4.79 Å². The maximum atomic E-state index is 12.5. The molecule has 5 heteroatoms. The Labute approximate surface area is 136 Å². The van der Waals surface area contributed by atoms with Gasteiger partial charge in [0, 0.05) is 36.9 Å². The number of amides is 1. The van der Waals surface area contributed by atoms with E-state index < -0.39 is 0 Å². The minimum Gasteiger partial charge on any atom is -0.396 e. The number of aryl methyl sites for hydroxylation is 1. The molecule has 1 saturated heterocycles. The van der Waals surface area contributed by atoms with Gasteiger partial charge in [0.25, 0.3) is 0 Å². The number of carbonyl (C=O) groups excluding carboxylic acids is 1. The molecule has 1 aromatic carbocycles. The first-order valence-electron chi connectivity index (χ1n) is 8.09. The lowest BCUT2D eigenvalue weighted by Crippen LogP contribution is -2.30. The molecule has 122 valence electrons. The van der Waals surface area contributed by atoms with Crippen molar-refractivity contribution < 1.29 is 9.90 Å². The van der Waals surface area contributed by atoms with Gasteiger partial charge in [-0.25, -0.2) is 4.68 Å². The fourth-order valence-corrected chi connectivity index (χ4v) is 3.22. The maximum absolute atomic E-state index is 12.5. The molecule has 1 N–H and O–H groups in total. The van der Waals surface area contributed by atoms with Crippen molar-refractivity contribution in [3.63, 3.8) is 0 Å². The van der Waals surface area contributed by atoms with E-state index in [-0.39, 0.29) is 18.4 Å². The number of aliphatic hydroxyl groups excluding tert-OH is 1. The predicted octanol–water partition coefficient (Wildman–Crippen LogP) is 1.87. The summed E-state index contributed by atoms with van der Waals surface area (Å²) in [5, 5.41) is 13.8. The van der Waals surface area contributed by atoms with Gasteiger partial charge < -0.3 is 10.0 Å². The summed E-state index contributed by atoms with van der Waals surface area (Å²) >= 11 is 0. The molecule has 0 aliphatic carbocycles. The van der Waals surface area contributed by atoms with Gasteiger partial charge in [0.1, 0.15) is 0 Å². The average molecular weight is 313 g/mol. The molecule has 0 bridgehead atoms. The second kappa shape index (κ2) is 6.54. The highest BCUT2D eigenvalue weighted by Gasteiger charge is 2.27. The van der Waals surface area contributed by atoms with Crippen LogP contribution < -0.4 is 0 Å². The molecule has 2 heterocycles. The highest BCUT2D eigenvalue weighted by Crippen LogP contribution is 2.21. The summed E-state index contributed by atoms with van der Waals surface area (Å²) in [4.78, 5) is 14.4. The summed E-state index contributed by atoms with van der Waals surface area (Å²) in [6.07, 6.45) is 1.27. The largest absolute Gasteiger partial charge is 0.396 e. The van der Waals surface area contributed by atoms with Crippen molar-refractivity contribution in [2.75, 3.05) is 19.7 Å². The van der Waals surface area contributed by atoms with Gasteiger partial charge in [-0.15, -0.1) is 0 Å². The lowest BCUT2D eigenvalue weighted by Gasteiger charge is -2.16. The Morgan fingerprint density at radius 1 is 1.30 bits per heavy atom. The fourth-order valence-electron chi connectivity index (χ4n) is 3.22. The second-order valence-corrected chi connectivity index (χ2v) is 6.25. The van der Waals surface area contributed by atoms with Crippen LogP contribution in [0.1, 0.15) is 23.4 Å². The van der Waals surface area contributed by atoms with Crippen molar-refractivity contribution in [1.82, 2.24) is 14.7 Å². The maximum Gasteiger partial charge on any atom is 0.227 e. The Morgan fingerprint density at radius 3 is 2.70 bits per heavy atom. The van der Waals surface area contributed by atoms with E-state index in [1.54, 1.807) is 0 Å². The zero-order valence-electron chi connectivity index (χ0n) is 13.7. The van der Waals surface area contributed by atoms with Crippen LogP contribution in [0.15, 0.2) is 30.3 Å². The molecule has 3 rings (SSSR count). The molecule has 23 heavy (non-hydrogen) atoms. The molecule has 0 saturated carbocycles. The van der Waals surface area contributed by atoms with Crippen molar-refractivity contribution in [2.24, 2.45) is 5.92 Å². The van der Waals surface area contributed by atoms with Crippen LogP contribution in [0, 0.1) is 19.8 Å². The van der Waals surface area contributed by atoms with Gasteiger partial charge in [0.05, 0.1) is 17.8 Å². The Hall–Kier alpha value is -2.14. The van der Waals surface area contributed by atoms with Crippen LogP contribution in [-0.2, 0) is 11.2 Å². The molecule has 5 nitrogen and oxygen atoms in total. The second-order valence-electron chi connectivity index (χ2n) is 6.25. The third-order valence-corrected chi connectivity index (χ3v) is 4.67. The van der Waals surface area contributed by atoms with Gasteiger partial charge in [-0.2, -0.15) is 5.10 Å². The number of hydrogen-bond acceptors (Lipinski definition) is 3. The van der Waals surface area contributed by atoms with Crippen molar-refractivity contribution in [2.45, 2.75) is 26.7 Å². The van der Waals surface area contributed by atoms with E-state index in [1.807, 2.05) is 53.8 Å². The molecule has 1 unspecified atom stereocenters. The molecular weight excluding hydrogens is 290 g/mol. The van der Waals surface area contributed by atoms with E-state index in [4.69, 9.17) is 0 Å². The number of benzene rings is 1. The van der Waals surface area contributed by atoms with E-state index in [2.05, 4.69) is 5.10 Å². The highest BCUT2D eigenvalue weighted by atomic mass is 16.3. The monoisotopic (exact) mass is 313 g/mol. The van der Waals surface area contributed by atoms with Gasteiger partial charge >= 0.3 is 0 Å². The first-order chi connectivity index (χ1) is 11.1. The number of aromatic nitrogens is 2. The molecular formula is C18H23N3O2. The van der Waals surface area contributed by atoms with Crippen LogP contribution >= 0.6 is 0 Å². The topological polar surface area (TPSA) is 58.4 Å². The summed E-state index contributed by atoms with van der Waals surface area (Å²) in [7, 11) is 0. The van der Waals surface area contributed by atoms with E-state index in [9.17, 15) is 9.90 Å². The SMILES string of the molecule is Cc1nn(-c2ccccc2)c(C)c1CC(=O)N1CCC(CO)C1. The van der Waals surface area contributed by atoms with Crippen LogP contribution in [0.4, 0.5) is 0 Å². The molecule has 1 fully saturated rings. The van der Waals surface area contributed by atoms with Gasteiger partial charge in [0.15, 0.2) is 0 Å². The standard InChI is InChI=1S/C18H23N3O2/c1-13-17(10-18(23)20-9-8-15(11-20)12-22)14(2)21(19-13)16-6-4-3-5-7-16/h3-7,15,22H,8-12H2,1-2H3. The fraction of sp³-hybridized carbons (Fsp3) is 0.444. The van der Waals surface area contributed by atoms with Gasteiger partial charge in [-0.1, -0.05) is 18.2 Å². The number of nitrogens with zero attached hydrogens (tertiary/aromatic N) is 3. The lowest BCUT2D eigenvalue weighted by molar-refractivity contribution is -0.129. The van der Waals surface area contributed by atoms with Crippen LogP contribution in [0.3, 0.4) is 0 Å². The van der Waals surface area contributed by atoms with Crippen LogP contribution in [0.2, 0.25) is 0 Å². The number of aliphatic hydroxyl groups is 1. The highest BCUT2D eigenvalue weighted by molar-refractivity contribution is 5.79. The number of rotatable bonds is 4. The molecule has 0 spiro atoms. The van der Waals surface area contributed by atoms with E-state index in [0.717, 1.165) is 35.6 Å². The minimum atomic E-state index is 0.125. The summed E-state index contributed by atoms with van der Waals surface area (Å²) in [5.41, 5.74) is 3.93. The van der Waals surface area contributed by atoms with Crippen LogP contribution in [0.5, 0.6) is 0 Å². The number of carbonyl (C=O) groups is 1. The lowest BCUT2D eigenvalue weighted by atomic mass is 10.1. The Kier molecular flexibility index (Phi) is 4.48. The molecule has 0 radical (unpaired) electrons. The van der Waals surface area contributed by atoms with E-state index >= 15 is 0 Å². The number of para-hydroxylation sites is 1. The molecule has 1 amide bonds. The number of hydrogen-bond donors (Lipinski definition) is 1. The van der Waals surface area contributed by atoms with Crippen molar-refractivity contribution in [3.05, 3.63) is 47.3 Å². The zero-order valence-corrected chi connectivity index (χ0v) is 13.7. The van der Waals surface area contributed by atoms with Crippen LogP contribution in [0.25, 0.3) is 5.69 Å². The van der Waals surface area contributed by atoms with Crippen molar-refractivity contribution >= 4 is 5.91 Å².